The Labute approximate surface area is 278 Å². The molecular formula is C35H40N6O7. The van der Waals surface area contributed by atoms with Crippen molar-refractivity contribution in [1.82, 2.24) is 30.1 Å². The van der Waals surface area contributed by atoms with Gasteiger partial charge < -0.3 is 29.7 Å². The molecule has 48 heavy (non-hydrogen) atoms. The highest BCUT2D eigenvalue weighted by molar-refractivity contribution is 5.98. The predicted molar refractivity (Wildman–Crippen MR) is 174 cm³/mol. The number of fused-ring (bicyclic) bond motifs is 2. The third kappa shape index (κ3) is 5.99. The van der Waals surface area contributed by atoms with Gasteiger partial charge in [-0.2, -0.15) is 0 Å². The largest absolute Gasteiger partial charge is 0.455 e. The van der Waals surface area contributed by atoms with Crippen molar-refractivity contribution in [3.63, 3.8) is 0 Å². The number of para-hydroxylation sites is 1. The number of nitrogens with zero attached hydrogens (tertiary/aromatic N) is 5. The van der Waals surface area contributed by atoms with Crippen molar-refractivity contribution in [3.05, 3.63) is 85.5 Å². The second kappa shape index (κ2) is 14.1. The van der Waals surface area contributed by atoms with Crippen LogP contribution in [0.5, 0.6) is 0 Å². The number of hydrogen-bond acceptors (Lipinski definition) is 9. The summed E-state index contributed by atoms with van der Waals surface area (Å²) in [7, 11) is 0. The monoisotopic (exact) mass is 656 g/mol. The second-order valence-corrected chi connectivity index (χ2v) is 12.3. The zero-order chi connectivity index (χ0) is 33.8. The van der Waals surface area contributed by atoms with Gasteiger partial charge in [0.2, 0.25) is 17.7 Å². The number of rotatable bonds is 15. The third-order valence-electron chi connectivity index (χ3n) is 9.52. The maximum absolute atomic E-state index is 14.5. The molecule has 0 saturated carbocycles. The molecule has 252 valence electrons. The Morgan fingerprint density at radius 1 is 1.15 bits per heavy atom. The molecule has 0 unspecified atom stereocenters. The second-order valence-electron chi connectivity index (χ2n) is 12.3. The van der Waals surface area contributed by atoms with E-state index in [4.69, 9.17) is 9.47 Å². The maximum atomic E-state index is 14.5. The lowest BCUT2D eigenvalue weighted by Crippen LogP contribution is -2.56. The van der Waals surface area contributed by atoms with Gasteiger partial charge in [-0.15, -0.1) is 18.3 Å². The van der Waals surface area contributed by atoms with Crippen LogP contribution in [0.15, 0.2) is 79.9 Å². The van der Waals surface area contributed by atoms with Crippen LogP contribution in [0, 0.1) is 11.8 Å². The van der Waals surface area contributed by atoms with Gasteiger partial charge in [-0.25, -0.2) is 4.68 Å². The highest BCUT2D eigenvalue weighted by atomic mass is 16.6. The Bertz CT molecular complexity index is 1690. The van der Waals surface area contributed by atoms with E-state index in [-0.39, 0.29) is 45.2 Å². The number of hydrogen-bond donors (Lipinski definition) is 2. The summed E-state index contributed by atoms with van der Waals surface area (Å²) in [5, 5.41) is 21.2. The molecule has 0 radical (unpaired) electrons. The molecule has 1 spiro atoms. The number of β-amino-alcohol motifs (C(OH)–C–C–N with tert-alkyl or cyclic N) is 1. The van der Waals surface area contributed by atoms with Gasteiger partial charge in [-0.05, 0) is 37.0 Å². The fourth-order valence-corrected chi connectivity index (χ4v) is 7.42. The molecule has 3 amide bonds. The summed E-state index contributed by atoms with van der Waals surface area (Å²) in [5.41, 5.74) is 0.796. The van der Waals surface area contributed by atoms with Crippen molar-refractivity contribution in [2.45, 2.75) is 56.2 Å². The highest BCUT2D eigenvalue weighted by Crippen LogP contribution is 2.59. The molecule has 3 fully saturated rings. The smallest absolute Gasteiger partial charge is 0.313 e. The van der Waals surface area contributed by atoms with E-state index in [0.717, 1.165) is 5.52 Å². The zero-order valence-electron chi connectivity index (χ0n) is 26.6. The predicted octanol–water partition coefficient (Wildman–Crippen LogP) is 2.14. The summed E-state index contributed by atoms with van der Waals surface area (Å²) in [5.74, 6) is -3.64. The summed E-state index contributed by atoms with van der Waals surface area (Å²) in [6.07, 6.45) is 3.39. The Morgan fingerprint density at radius 2 is 1.92 bits per heavy atom. The molecule has 3 saturated heterocycles. The molecular weight excluding hydrogens is 616 g/mol. The Hall–Kier alpha value is -4.88. The third-order valence-corrected chi connectivity index (χ3v) is 9.52. The first kappa shape index (κ1) is 33.0. The van der Waals surface area contributed by atoms with Crippen LogP contribution in [0.2, 0.25) is 0 Å². The van der Waals surface area contributed by atoms with Gasteiger partial charge in [0.1, 0.15) is 29.9 Å². The van der Waals surface area contributed by atoms with Crippen molar-refractivity contribution in [2.75, 3.05) is 26.2 Å². The number of likely N-dealkylation sites (tertiary alicyclic amines) is 1. The number of nitrogens with one attached hydrogen (secondary N) is 1. The number of amides is 3. The molecule has 3 aromatic rings. The van der Waals surface area contributed by atoms with Gasteiger partial charge in [0, 0.05) is 19.5 Å². The Balaban J connectivity index is 1.27. The molecule has 2 N–H and O–H groups in total. The number of carbonyl (C=O) groups excluding carboxylic acids is 4. The molecule has 6 rings (SSSR count). The first-order valence-corrected chi connectivity index (χ1v) is 16.2. The van der Waals surface area contributed by atoms with E-state index in [2.05, 4.69) is 28.8 Å². The first-order chi connectivity index (χ1) is 23.3. The van der Waals surface area contributed by atoms with E-state index >= 15 is 0 Å². The van der Waals surface area contributed by atoms with Crippen LogP contribution in [0.3, 0.4) is 0 Å². The number of allylic oxidation sites excluding steroid dienone is 1. The van der Waals surface area contributed by atoms with E-state index < -0.39 is 53.5 Å². The molecule has 2 aromatic carbocycles. The van der Waals surface area contributed by atoms with E-state index in [1.165, 1.54) is 9.80 Å². The molecule has 13 heteroatoms. The summed E-state index contributed by atoms with van der Waals surface area (Å²) < 4.78 is 14.2. The van der Waals surface area contributed by atoms with Crippen LogP contribution in [0.25, 0.3) is 11.0 Å². The lowest BCUT2D eigenvalue weighted by atomic mass is 9.70. The minimum Gasteiger partial charge on any atom is -0.455 e. The van der Waals surface area contributed by atoms with Gasteiger partial charge >= 0.3 is 5.97 Å². The van der Waals surface area contributed by atoms with Crippen LogP contribution < -0.4 is 5.32 Å². The summed E-state index contributed by atoms with van der Waals surface area (Å²) in [4.78, 5) is 58.0. The van der Waals surface area contributed by atoms with E-state index in [0.29, 0.717) is 30.3 Å². The molecule has 6 atom stereocenters. The zero-order valence-corrected chi connectivity index (χ0v) is 26.6. The molecule has 1 aromatic heterocycles. The van der Waals surface area contributed by atoms with E-state index in [9.17, 15) is 24.3 Å². The van der Waals surface area contributed by atoms with Crippen LogP contribution in [-0.2, 0) is 35.3 Å². The molecule has 3 aliphatic heterocycles. The van der Waals surface area contributed by atoms with Gasteiger partial charge in [0.05, 0.1) is 36.6 Å². The first-order valence-electron chi connectivity index (χ1n) is 16.2. The normalized spacial score (nSPS) is 24.7. The lowest BCUT2D eigenvalue weighted by Gasteiger charge is -2.36. The number of ether oxygens (including phenoxy) is 2. The molecule has 3 aliphatic rings. The summed E-state index contributed by atoms with van der Waals surface area (Å²) in [6.45, 7) is 7.21. The topological polar surface area (TPSA) is 156 Å². The van der Waals surface area contributed by atoms with Crippen LogP contribution in [-0.4, -0.2) is 97.6 Å². The Morgan fingerprint density at radius 3 is 2.67 bits per heavy atom. The van der Waals surface area contributed by atoms with Gasteiger partial charge in [0.25, 0.3) is 0 Å². The van der Waals surface area contributed by atoms with E-state index in [1.807, 2.05) is 42.5 Å². The van der Waals surface area contributed by atoms with Crippen LogP contribution >= 0.6 is 0 Å². The number of aliphatic hydroxyl groups excluding tert-OH is 1. The Kier molecular flexibility index (Phi) is 9.69. The summed E-state index contributed by atoms with van der Waals surface area (Å²) >= 11 is 0. The number of aliphatic hydroxyl groups is 1. The average Bonchev–Trinajstić information content (AvgIpc) is 3.85. The lowest BCUT2D eigenvalue weighted by molar-refractivity contribution is -0.160. The minimum atomic E-state index is -1.29. The quantitative estimate of drug-likeness (QED) is 0.185. The highest BCUT2D eigenvalue weighted by Gasteiger charge is 2.75. The van der Waals surface area contributed by atoms with Gasteiger partial charge in [-0.3, -0.25) is 19.2 Å². The van der Waals surface area contributed by atoms with Crippen molar-refractivity contribution in [2.24, 2.45) is 11.8 Å². The number of benzene rings is 2. The van der Waals surface area contributed by atoms with E-state index in [1.54, 1.807) is 29.0 Å². The fraction of sp³-hybridized carbons (Fsp3) is 0.429. The molecule has 2 bridgehead atoms. The van der Waals surface area contributed by atoms with Crippen molar-refractivity contribution in [3.8, 4) is 0 Å². The maximum Gasteiger partial charge on any atom is 0.313 e. The molecule has 4 heterocycles. The number of carbonyl (C=O) groups is 4. The standard InChI is InChI=1S/C35H40N6O7/c1-3-5-15-28(43)36-21-27(23-11-7-6-8-12-23)47-34(46)29-26-16-17-35(48-26)30(29)32(44)40(19-20-42)31(35)33(45)39(18-4-2)22-41-25-14-10-9-13-24(25)37-38-41/h3-4,6-14,26-27,29-31,42H,1-2,5,15-22H2,(H,36,43)/t26-,27-,29+,30+,31-,35+/m0/s1. The minimum absolute atomic E-state index is 0.0376. The van der Waals surface area contributed by atoms with Crippen LogP contribution in [0.1, 0.15) is 37.4 Å². The molecule has 0 aliphatic carbocycles. The summed E-state index contributed by atoms with van der Waals surface area (Å²) in [6, 6.07) is 15.4. The van der Waals surface area contributed by atoms with Crippen LogP contribution in [0.4, 0.5) is 0 Å². The fourth-order valence-electron chi connectivity index (χ4n) is 7.42. The number of aromatic nitrogens is 3. The molecule has 13 nitrogen and oxygen atoms in total. The van der Waals surface area contributed by atoms with Crippen molar-refractivity contribution in [1.29, 1.82) is 0 Å². The number of esters is 1. The van der Waals surface area contributed by atoms with Crippen molar-refractivity contribution < 1.29 is 33.8 Å². The van der Waals surface area contributed by atoms with Gasteiger partial charge in [0.15, 0.2) is 0 Å². The SMILES string of the molecule is C=CCCC(=O)NC[C@H](OC(=O)[C@@H]1[C@@H]2CC[C@]3(O2)[C@H](C(=O)N(CC=C)Cn2nnc4ccccc42)N(CCO)C(=O)[C@@H]13)c1ccccc1. The van der Waals surface area contributed by atoms with Gasteiger partial charge in [-0.1, -0.05) is 59.8 Å². The van der Waals surface area contributed by atoms with Crippen molar-refractivity contribution >= 4 is 34.7 Å². The average molecular weight is 657 g/mol.